The van der Waals surface area contributed by atoms with Crippen LogP contribution in [0.25, 0.3) is 0 Å². The van der Waals surface area contributed by atoms with E-state index in [1.54, 1.807) is 31.2 Å². The van der Waals surface area contributed by atoms with Crippen molar-refractivity contribution in [3.63, 3.8) is 0 Å². The second-order valence-electron chi connectivity index (χ2n) is 8.52. The van der Waals surface area contributed by atoms with Crippen LogP contribution in [0.4, 0.5) is 5.69 Å². The maximum absolute atomic E-state index is 13.3. The number of carbonyl (C=O) groups is 1. The predicted octanol–water partition coefficient (Wildman–Crippen LogP) is 5.79. The second kappa shape index (κ2) is 10.2. The minimum atomic E-state index is -3.70. The number of nitrogens with one attached hydrogen (secondary N) is 1. The van der Waals surface area contributed by atoms with Crippen LogP contribution in [-0.4, -0.2) is 31.7 Å². The number of carbonyl (C=O) groups excluding carboxylic acids is 1. The number of benzene rings is 3. The van der Waals surface area contributed by atoms with E-state index in [9.17, 15) is 13.2 Å². The Bertz CT molecular complexity index is 1300. The summed E-state index contributed by atoms with van der Waals surface area (Å²) in [6.07, 6.45) is 1.20. The number of sulfonamides is 1. The average molecular weight is 499 g/mol. The smallest absolute Gasteiger partial charge is 0.243 e. The Kier molecular flexibility index (Phi) is 7.26. The van der Waals surface area contributed by atoms with Crippen LogP contribution in [0.15, 0.2) is 71.6 Å². The van der Waals surface area contributed by atoms with Crippen LogP contribution in [0.1, 0.15) is 24.0 Å². The summed E-state index contributed by atoms with van der Waals surface area (Å²) in [6, 6.07) is 19.6. The molecule has 0 aromatic heterocycles. The van der Waals surface area contributed by atoms with Crippen molar-refractivity contribution in [1.29, 1.82) is 0 Å². The Morgan fingerprint density at radius 2 is 1.82 bits per heavy atom. The van der Waals surface area contributed by atoms with Crippen molar-refractivity contribution in [2.24, 2.45) is 5.92 Å². The molecule has 0 saturated carbocycles. The number of hydrogen-bond acceptors (Lipinski definition) is 4. The van der Waals surface area contributed by atoms with E-state index in [-0.39, 0.29) is 12.5 Å². The molecule has 6 nitrogen and oxygen atoms in total. The Morgan fingerprint density at radius 3 is 2.59 bits per heavy atom. The van der Waals surface area contributed by atoms with Crippen LogP contribution < -0.4 is 10.1 Å². The van der Waals surface area contributed by atoms with Crippen molar-refractivity contribution < 1.29 is 17.9 Å². The van der Waals surface area contributed by atoms with Gasteiger partial charge in [-0.15, -0.1) is 0 Å². The summed E-state index contributed by atoms with van der Waals surface area (Å²) in [5.74, 6) is 0.335. The van der Waals surface area contributed by atoms with Gasteiger partial charge in [0.2, 0.25) is 15.9 Å². The predicted molar refractivity (Wildman–Crippen MR) is 134 cm³/mol. The molecule has 1 fully saturated rings. The van der Waals surface area contributed by atoms with Crippen molar-refractivity contribution in [2.75, 3.05) is 18.4 Å². The van der Waals surface area contributed by atoms with Crippen molar-refractivity contribution in [1.82, 2.24) is 4.31 Å². The Balaban J connectivity index is 1.52. The van der Waals surface area contributed by atoms with E-state index in [0.717, 1.165) is 5.56 Å². The zero-order chi connectivity index (χ0) is 24.3. The van der Waals surface area contributed by atoms with Gasteiger partial charge >= 0.3 is 0 Å². The Hall–Kier alpha value is -2.87. The number of piperidine rings is 1. The Labute approximate surface area is 205 Å². The summed E-state index contributed by atoms with van der Waals surface area (Å²) in [7, 11) is -3.70. The molecule has 1 atom stereocenters. The summed E-state index contributed by atoms with van der Waals surface area (Å²) < 4.78 is 34.0. The minimum Gasteiger partial charge on any atom is -0.455 e. The molecular formula is C26H27ClN2O4S. The summed E-state index contributed by atoms with van der Waals surface area (Å²) in [4.78, 5) is 13.5. The molecule has 1 saturated heterocycles. The first-order valence-corrected chi connectivity index (χ1v) is 13.0. The quantitative estimate of drug-likeness (QED) is 0.466. The largest absolute Gasteiger partial charge is 0.455 e. The van der Waals surface area contributed by atoms with Crippen LogP contribution in [-0.2, 0) is 14.8 Å². The van der Waals surface area contributed by atoms with Gasteiger partial charge in [0.1, 0.15) is 5.75 Å². The van der Waals surface area contributed by atoms with Crippen LogP contribution >= 0.6 is 11.6 Å². The number of amides is 1. The molecule has 1 amide bonds. The molecule has 1 N–H and O–H groups in total. The molecule has 8 heteroatoms. The molecule has 178 valence electrons. The lowest BCUT2D eigenvalue weighted by atomic mass is 9.98. The third-order valence-corrected chi connectivity index (χ3v) is 8.13. The number of para-hydroxylation sites is 1. The molecular weight excluding hydrogens is 472 g/mol. The fourth-order valence-corrected chi connectivity index (χ4v) is 6.04. The molecule has 0 unspecified atom stereocenters. The number of rotatable bonds is 6. The number of halogens is 1. The van der Waals surface area contributed by atoms with Gasteiger partial charge in [0.25, 0.3) is 0 Å². The molecule has 1 aliphatic heterocycles. The van der Waals surface area contributed by atoms with Gasteiger partial charge in [-0.05, 0) is 74.2 Å². The molecule has 1 heterocycles. The van der Waals surface area contributed by atoms with Crippen molar-refractivity contribution >= 4 is 33.2 Å². The molecule has 0 radical (unpaired) electrons. The molecule has 0 spiro atoms. The zero-order valence-corrected chi connectivity index (χ0v) is 20.7. The first kappa shape index (κ1) is 24.3. The summed E-state index contributed by atoms with van der Waals surface area (Å²) in [5.41, 5.74) is 2.01. The van der Waals surface area contributed by atoms with Gasteiger partial charge in [-0.2, -0.15) is 4.31 Å². The molecule has 1 aliphatic rings. The highest BCUT2D eigenvalue weighted by Gasteiger charge is 2.34. The summed E-state index contributed by atoms with van der Waals surface area (Å²) >= 11 is 6.17. The maximum Gasteiger partial charge on any atom is 0.243 e. The highest BCUT2D eigenvalue weighted by molar-refractivity contribution is 7.89. The van der Waals surface area contributed by atoms with Gasteiger partial charge in [0.05, 0.1) is 16.5 Å². The van der Waals surface area contributed by atoms with E-state index in [1.165, 1.54) is 4.31 Å². The highest BCUT2D eigenvalue weighted by Crippen LogP contribution is 2.33. The van der Waals surface area contributed by atoms with E-state index in [2.05, 4.69) is 5.32 Å². The van der Waals surface area contributed by atoms with Gasteiger partial charge in [0.15, 0.2) is 5.75 Å². The van der Waals surface area contributed by atoms with Gasteiger partial charge in [-0.3, -0.25) is 4.79 Å². The topological polar surface area (TPSA) is 75.7 Å². The SMILES string of the molecule is Cc1ccc(C)c(S(=O)(=O)N2CCC[C@H](C(=O)Nc3cc(Cl)ccc3Oc3ccccc3)C2)c1. The van der Waals surface area contributed by atoms with Gasteiger partial charge < -0.3 is 10.1 Å². The molecule has 4 rings (SSSR count). The lowest BCUT2D eigenvalue weighted by Crippen LogP contribution is -2.43. The van der Waals surface area contributed by atoms with Gasteiger partial charge in [-0.25, -0.2) is 8.42 Å². The highest BCUT2D eigenvalue weighted by atomic mass is 35.5. The molecule has 34 heavy (non-hydrogen) atoms. The van der Waals surface area contributed by atoms with E-state index in [1.807, 2.05) is 49.4 Å². The molecule has 3 aromatic carbocycles. The fraction of sp³-hybridized carbons (Fsp3) is 0.269. The maximum atomic E-state index is 13.3. The standard InChI is InChI=1S/C26H27ClN2O4S/c1-18-10-11-19(2)25(15-18)34(31,32)29-14-6-7-20(17-29)26(30)28-23-16-21(27)12-13-24(23)33-22-8-4-3-5-9-22/h3-5,8-13,15-16,20H,6-7,14,17H2,1-2H3,(H,28,30)/t20-/m0/s1. The number of aryl methyl sites for hydroxylation is 2. The van der Waals surface area contributed by atoms with Crippen molar-refractivity contribution in [3.05, 3.63) is 82.9 Å². The first-order chi connectivity index (χ1) is 16.2. The third kappa shape index (κ3) is 5.43. The lowest BCUT2D eigenvalue weighted by molar-refractivity contribution is -0.120. The number of anilines is 1. The lowest BCUT2D eigenvalue weighted by Gasteiger charge is -2.31. The monoisotopic (exact) mass is 498 g/mol. The van der Waals surface area contributed by atoms with Crippen molar-refractivity contribution in [3.8, 4) is 11.5 Å². The van der Waals surface area contributed by atoms with Crippen LogP contribution in [0.5, 0.6) is 11.5 Å². The third-order valence-electron chi connectivity index (χ3n) is 5.89. The normalized spacial score (nSPS) is 16.7. The Morgan fingerprint density at radius 1 is 1.06 bits per heavy atom. The van der Waals surface area contributed by atoms with Gasteiger partial charge in [0, 0.05) is 18.1 Å². The fourth-order valence-electron chi connectivity index (χ4n) is 4.04. The van der Waals surface area contributed by atoms with Gasteiger partial charge in [-0.1, -0.05) is 41.9 Å². The molecule has 3 aromatic rings. The summed E-state index contributed by atoms with van der Waals surface area (Å²) in [5, 5.41) is 3.36. The van der Waals surface area contributed by atoms with E-state index in [0.29, 0.717) is 52.1 Å². The van der Waals surface area contributed by atoms with Crippen LogP contribution in [0, 0.1) is 19.8 Å². The second-order valence-corrected chi connectivity index (χ2v) is 10.9. The number of hydrogen-bond donors (Lipinski definition) is 1. The average Bonchev–Trinajstić information content (AvgIpc) is 2.83. The number of nitrogens with zero attached hydrogens (tertiary/aromatic N) is 1. The van der Waals surface area contributed by atoms with Crippen LogP contribution in [0.3, 0.4) is 0 Å². The first-order valence-electron chi connectivity index (χ1n) is 11.1. The molecule has 0 bridgehead atoms. The minimum absolute atomic E-state index is 0.122. The van der Waals surface area contributed by atoms with Crippen molar-refractivity contribution in [2.45, 2.75) is 31.6 Å². The van der Waals surface area contributed by atoms with Crippen LogP contribution in [0.2, 0.25) is 5.02 Å². The molecule has 0 aliphatic carbocycles. The van der Waals surface area contributed by atoms with E-state index >= 15 is 0 Å². The number of ether oxygens (including phenoxy) is 1. The zero-order valence-electron chi connectivity index (χ0n) is 19.1. The van der Waals surface area contributed by atoms with E-state index < -0.39 is 15.9 Å². The summed E-state index contributed by atoms with van der Waals surface area (Å²) in [6.45, 7) is 4.16. The van der Waals surface area contributed by atoms with E-state index in [4.69, 9.17) is 16.3 Å².